The van der Waals surface area contributed by atoms with Crippen molar-refractivity contribution in [3.05, 3.63) is 60.4 Å². The molecule has 3 atom stereocenters. The molecule has 1 aromatic heterocycles. The van der Waals surface area contributed by atoms with E-state index in [1.807, 2.05) is 60.1 Å². The van der Waals surface area contributed by atoms with Crippen molar-refractivity contribution in [2.75, 3.05) is 0 Å². The fourth-order valence-electron chi connectivity index (χ4n) is 5.04. The molecule has 32 heavy (non-hydrogen) atoms. The molecule has 0 aliphatic heterocycles. The number of benzene rings is 2. The number of aryl methyl sites for hydroxylation is 1. The molecule has 0 saturated heterocycles. The Balaban J connectivity index is 1.56. The van der Waals surface area contributed by atoms with E-state index in [0.717, 1.165) is 35.4 Å². The first-order valence-corrected chi connectivity index (χ1v) is 11.8. The van der Waals surface area contributed by atoms with E-state index in [-0.39, 0.29) is 18.6 Å². The number of hydrogen-bond donors (Lipinski definition) is 0. The largest absolute Gasteiger partial charge is 0.481 e. The number of para-hydroxylation sites is 3. The Kier molecular flexibility index (Phi) is 6.83. The molecule has 1 aliphatic rings. The molecule has 2 aromatic carbocycles. The lowest BCUT2D eigenvalue weighted by Crippen LogP contribution is -2.37. The summed E-state index contributed by atoms with van der Waals surface area (Å²) in [5.74, 6) is 3.13. The van der Waals surface area contributed by atoms with Crippen LogP contribution in [0.2, 0.25) is 0 Å². The topological polar surface area (TPSA) is 44.3 Å². The summed E-state index contributed by atoms with van der Waals surface area (Å²) in [6.45, 7) is 7.29. The molecule has 0 radical (unpaired) electrons. The molecule has 1 heterocycles. The average Bonchev–Trinajstić information content (AvgIpc) is 3.04. The van der Waals surface area contributed by atoms with Gasteiger partial charge in [-0.05, 0) is 54.9 Å². The third-order valence-corrected chi connectivity index (χ3v) is 6.88. The Morgan fingerprint density at radius 3 is 2.56 bits per heavy atom. The molecule has 4 rings (SSSR count). The van der Waals surface area contributed by atoms with Gasteiger partial charge < -0.3 is 9.47 Å². The minimum atomic E-state index is -0.169. The van der Waals surface area contributed by atoms with Gasteiger partial charge in [0.25, 0.3) is 5.82 Å². The molecule has 170 valence electrons. The quantitative estimate of drug-likeness (QED) is 0.385. The number of esters is 1. The van der Waals surface area contributed by atoms with Crippen LogP contribution in [-0.2, 0) is 29.7 Å². The van der Waals surface area contributed by atoms with E-state index in [1.54, 1.807) is 0 Å². The summed E-state index contributed by atoms with van der Waals surface area (Å²) < 4.78 is 16.3. The monoisotopic (exact) mass is 435 g/mol. The van der Waals surface area contributed by atoms with Gasteiger partial charge in [0.15, 0.2) is 24.2 Å². The third-order valence-electron chi connectivity index (χ3n) is 6.88. The first kappa shape index (κ1) is 22.4. The summed E-state index contributed by atoms with van der Waals surface area (Å²) in [5, 5.41) is 0. The Morgan fingerprint density at radius 1 is 1.09 bits per heavy atom. The zero-order valence-electron chi connectivity index (χ0n) is 19.7. The van der Waals surface area contributed by atoms with Crippen LogP contribution in [0, 0.1) is 17.8 Å². The SMILES string of the molecule is CC(C)[C@@H]1CC[C@@H](C)C[C@H]1OC(=O)Cn1c(COc2ccccc2)[n+](C)c2ccccc21. The highest BCUT2D eigenvalue weighted by atomic mass is 16.5. The highest BCUT2D eigenvalue weighted by Gasteiger charge is 2.34. The van der Waals surface area contributed by atoms with Crippen LogP contribution in [0.25, 0.3) is 11.0 Å². The predicted octanol–water partition coefficient (Wildman–Crippen LogP) is 5.05. The van der Waals surface area contributed by atoms with Crippen LogP contribution in [0.15, 0.2) is 54.6 Å². The zero-order valence-corrected chi connectivity index (χ0v) is 19.7. The molecule has 0 amide bonds. The predicted molar refractivity (Wildman–Crippen MR) is 125 cm³/mol. The first-order valence-electron chi connectivity index (χ1n) is 11.8. The van der Waals surface area contributed by atoms with Crippen LogP contribution in [0.3, 0.4) is 0 Å². The van der Waals surface area contributed by atoms with Gasteiger partial charge in [-0.25, -0.2) is 13.9 Å². The lowest BCUT2D eigenvalue weighted by molar-refractivity contribution is -0.655. The van der Waals surface area contributed by atoms with Gasteiger partial charge in [0.1, 0.15) is 11.9 Å². The smallest absolute Gasteiger partial charge is 0.348 e. The van der Waals surface area contributed by atoms with Crippen molar-refractivity contribution >= 4 is 17.0 Å². The lowest BCUT2D eigenvalue weighted by atomic mass is 9.75. The van der Waals surface area contributed by atoms with E-state index in [0.29, 0.717) is 24.4 Å². The number of fused-ring (bicyclic) bond motifs is 1. The molecule has 1 saturated carbocycles. The molecule has 0 unspecified atom stereocenters. The maximum absolute atomic E-state index is 13.1. The van der Waals surface area contributed by atoms with Crippen LogP contribution in [-0.4, -0.2) is 16.6 Å². The second-order valence-electron chi connectivity index (χ2n) is 9.51. The molecular weight excluding hydrogens is 400 g/mol. The van der Waals surface area contributed by atoms with Gasteiger partial charge in [-0.2, -0.15) is 0 Å². The van der Waals surface area contributed by atoms with Crippen molar-refractivity contribution in [3.63, 3.8) is 0 Å². The fourth-order valence-corrected chi connectivity index (χ4v) is 5.04. The number of carbonyl (C=O) groups excluding carboxylic acids is 1. The second kappa shape index (κ2) is 9.76. The van der Waals surface area contributed by atoms with E-state index in [4.69, 9.17) is 9.47 Å². The summed E-state index contributed by atoms with van der Waals surface area (Å²) in [4.78, 5) is 13.1. The van der Waals surface area contributed by atoms with Crippen LogP contribution in [0.5, 0.6) is 5.75 Å². The first-order chi connectivity index (χ1) is 15.4. The van der Waals surface area contributed by atoms with Crippen molar-refractivity contribution in [2.45, 2.75) is 59.3 Å². The fraction of sp³-hybridized carbons (Fsp3) is 0.481. The Labute approximate surface area is 191 Å². The molecule has 0 spiro atoms. The minimum absolute atomic E-state index is 0.00541. The van der Waals surface area contributed by atoms with E-state index >= 15 is 0 Å². The normalized spacial score (nSPS) is 21.1. The lowest BCUT2D eigenvalue weighted by Gasteiger charge is -2.36. The molecule has 5 heteroatoms. The third kappa shape index (κ3) is 4.82. The summed E-state index contributed by atoms with van der Waals surface area (Å²) in [5.41, 5.74) is 2.08. The average molecular weight is 436 g/mol. The summed E-state index contributed by atoms with van der Waals surface area (Å²) in [6.07, 6.45) is 3.31. The molecule has 3 aromatic rings. The van der Waals surface area contributed by atoms with Crippen molar-refractivity contribution in [2.24, 2.45) is 24.8 Å². The van der Waals surface area contributed by atoms with Gasteiger partial charge >= 0.3 is 5.97 Å². The summed E-state index contributed by atoms with van der Waals surface area (Å²) >= 11 is 0. The van der Waals surface area contributed by atoms with E-state index in [9.17, 15) is 4.79 Å². The number of nitrogens with zero attached hydrogens (tertiary/aromatic N) is 2. The van der Waals surface area contributed by atoms with Gasteiger partial charge in [0, 0.05) is 0 Å². The molecule has 1 fully saturated rings. The van der Waals surface area contributed by atoms with Crippen molar-refractivity contribution in [3.8, 4) is 5.75 Å². The van der Waals surface area contributed by atoms with Crippen molar-refractivity contribution in [1.29, 1.82) is 0 Å². The minimum Gasteiger partial charge on any atom is -0.481 e. The summed E-state index contributed by atoms with van der Waals surface area (Å²) in [7, 11) is 2.02. The van der Waals surface area contributed by atoms with E-state index in [1.165, 1.54) is 6.42 Å². The molecular formula is C27H35N2O3+. The van der Waals surface area contributed by atoms with E-state index < -0.39 is 0 Å². The standard InChI is InChI=1S/C27H35N2O3/c1-19(2)22-15-14-20(3)16-25(22)32-27(30)17-29-24-13-9-8-12-23(24)28(4)26(29)18-31-21-10-6-5-7-11-21/h5-13,19-20,22,25H,14-18H2,1-4H3/q+1/t20-,22+,25-/m1/s1. The number of hydrogen-bond acceptors (Lipinski definition) is 3. The van der Waals surface area contributed by atoms with E-state index in [2.05, 4.69) is 31.4 Å². The number of aromatic nitrogens is 2. The Bertz CT molecular complexity index is 1060. The Hall–Kier alpha value is -2.82. The zero-order chi connectivity index (χ0) is 22.7. The van der Waals surface area contributed by atoms with Crippen molar-refractivity contribution in [1.82, 2.24) is 4.57 Å². The molecule has 0 N–H and O–H groups in total. The molecule has 1 aliphatic carbocycles. The van der Waals surface area contributed by atoms with Gasteiger partial charge in [0.05, 0.1) is 7.05 Å². The van der Waals surface area contributed by atoms with Gasteiger partial charge in [-0.1, -0.05) is 57.5 Å². The van der Waals surface area contributed by atoms with Gasteiger partial charge in [0.2, 0.25) is 0 Å². The van der Waals surface area contributed by atoms with Crippen LogP contribution in [0.1, 0.15) is 45.9 Å². The van der Waals surface area contributed by atoms with Crippen LogP contribution in [0.4, 0.5) is 0 Å². The Morgan fingerprint density at radius 2 is 1.81 bits per heavy atom. The van der Waals surface area contributed by atoms with Crippen LogP contribution < -0.4 is 9.30 Å². The summed E-state index contributed by atoms with van der Waals surface area (Å²) in [6, 6.07) is 17.9. The molecule has 5 nitrogen and oxygen atoms in total. The van der Waals surface area contributed by atoms with Gasteiger partial charge in [-0.15, -0.1) is 0 Å². The van der Waals surface area contributed by atoms with Gasteiger partial charge in [-0.3, -0.25) is 0 Å². The second-order valence-corrected chi connectivity index (χ2v) is 9.51. The number of imidazole rings is 1. The highest BCUT2D eigenvalue weighted by Crippen LogP contribution is 2.35. The maximum atomic E-state index is 13.1. The number of rotatable bonds is 7. The maximum Gasteiger partial charge on any atom is 0.348 e. The number of carbonyl (C=O) groups is 1. The van der Waals surface area contributed by atoms with Crippen LogP contribution >= 0.6 is 0 Å². The molecule has 0 bridgehead atoms. The number of ether oxygens (including phenoxy) is 2. The van der Waals surface area contributed by atoms with Crippen molar-refractivity contribution < 1.29 is 18.8 Å². The highest BCUT2D eigenvalue weighted by molar-refractivity contribution is 5.76.